The van der Waals surface area contributed by atoms with E-state index >= 15 is 0 Å². The molecule has 0 radical (unpaired) electrons. The summed E-state index contributed by atoms with van der Waals surface area (Å²) in [5, 5.41) is 10.6. The third-order valence-electron chi connectivity index (χ3n) is 6.87. The first-order valence-corrected chi connectivity index (χ1v) is 12.3. The molecule has 0 spiro atoms. The van der Waals surface area contributed by atoms with E-state index in [0.29, 0.717) is 34.5 Å². The van der Waals surface area contributed by atoms with Crippen LogP contribution in [0.3, 0.4) is 0 Å². The first-order chi connectivity index (χ1) is 18.4. The number of aromatic nitrogens is 3. The molecule has 1 amide bonds. The van der Waals surface area contributed by atoms with E-state index in [9.17, 15) is 9.18 Å². The number of anilines is 4. The second-order valence-corrected chi connectivity index (χ2v) is 9.38. The summed E-state index contributed by atoms with van der Waals surface area (Å²) in [5.41, 5.74) is 4.34. The predicted octanol–water partition coefficient (Wildman–Crippen LogP) is 4.55. The molecule has 196 valence electrons. The predicted molar refractivity (Wildman–Crippen MR) is 148 cm³/mol. The lowest BCUT2D eigenvalue weighted by Gasteiger charge is -2.29. The van der Waals surface area contributed by atoms with Crippen molar-refractivity contribution < 1.29 is 13.9 Å². The average molecular weight is 516 g/mol. The number of hydrogen-bond acceptors (Lipinski definition) is 7. The SMILES string of the molecule is C=CC(=O)Nc1cc(Nc2cc3c(-c4cccc(F)c4)cnn3cn2)c(OC)cc1N(C)C1CCN(C)C1. The highest BCUT2D eigenvalue weighted by atomic mass is 19.1. The van der Waals surface area contributed by atoms with Crippen LogP contribution in [0.25, 0.3) is 16.6 Å². The zero-order valence-electron chi connectivity index (χ0n) is 21.6. The maximum Gasteiger partial charge on any atom is 0.247 e. The molecule has 1 saturated heterocycles. The van der Waals surface area contributed by atoms with Crippen LogP contribution < -0.4 is 20.3 Å². The molecule has 10 heteroatoms. The average Bonchev–Trinajstić information content (AvgIpc) is 3.54. The van der Waals surface area contributed by atoms with E-state index in [0.717, 1.165) is 36.3 Å². The molecule has 2 aromatic heterocycles. The Labute approximate surface area is 220 Å². The van der Waals surface area contributed by atoms with Gasteiger partial charge in [0.05, 0.1) is 35.9 Å². The van der Waals surface area contributed by atoms with Gasteiger partial charge in [-0.05, 0) is 49.9 Å². The molecule has 1 atom stereocenters. The number of halogens is 1. The van der Waals surface area contributed by atoms with Crippen LogP contribution in [0.15, 0.2) is 67.6 Å². The molecule has 5 rings (SSSR count). The summed E-state index contributed by atoms with van der Waals surface area (Å²) in [5.74, 6) is 0.504. The van der Waals surface area contributed by atoms with Crippen molar-refractivity contribution in [3.63, 3.8) is 0 Å². The number of carbonyl (C=O) groups is 1. The lowest BCUT2D eigenvalue weighted by Crippen LogP contribution is -2.34. The van der Waals surface area contributed by atoms with Gasteiger partial charge in [0, 0.05) is 37.3 Å². The van der Waals surface area contributed by atoms with Gasteiger partial charge in [-0.2, -0.15) is 5.10 Å². The van der Waals surface area contributed by atoms with Crippen molar-refractivity contribution in [2.75, 3.05) is 49.8 Å². The number of methoxy groups -OCH3 is 1. The van der Waals surface area contributed by atoms with Crippen LogP contribution in [-0.2, 0) is 4.79 Å². The van der Waals surface area contributed by atoms with Crippen LogP contribution in [0.5, 0.6) is 5.75 Å². The van der Waals surface area contributed by atoms with Crippen LogP contribution in [-0.4, -0.2) is 65.7 Å². The van der Waals surface area contributed by atoms with Crippen molar-refractivity contribution in [2.24, 2.45) is 0 Å². The van der Waals surface area contributed by atoms with E-state index in [1.165, 1.54) is 18.2 Å². The fourth-order valence-corrected chi connectivity index (χ4v) is 4.81. The van der Waals surface area contributed by atoms with Crippen LogP contribution in [0.2, 0.25) is 0 Å². The number of carbonyl (C=O) groups excluding carboxylic acids is 1. The summed E-state index contributed by atoms with van der Waals surface area (Å²) in [6.45, 7) is 5.53. The monoisotopic (exact) mass is 515 g/mol. The lowest BCUT2D eigenvalue weighted by atomic mass is 10.1. The van der Waals surface area contributed by atoms with Gasteiger partial charge >= 0.3 is 0 Å². The summed E-state index contributed by atoms with van der Waals surface area (Å²) in [6.07, 6.45) is 5.54. The van der Waals surface area contributed by atoms with E-state index in [1.807, 2.05) is 31.3 Å². The van der Waals surface area contributed by atoms with E-state index in [2.05, 4.69) is 44.1 Å². The molecule has 0 bridgehead atoms. The second kappa shape index (κ2) is 10.5. The van der Waals surface area contributed by atoms with E-state index in [4.69, 9.17) is 4.74 Å². The van der Waals surface area contributed by atoms with Crippen molar-refractivity contribution in [1.82, 2.24) is 19.5 Å². The molecule has 1 fully saturated rings. The molecular formula is C28H30FN7O2. The largest absolute Gasteiger partial charge is 0.494 e. The Hall–Kier alpha value is -4.44. The summed E-state index contributed by atoms with van der Waals surface area (Å²) in [4.78, 5) is 21.2. The van der Waals surface area contributed by atoms with Gasteiger partial charge in [-0.1, -0.05) is 18.7 Å². The molecule has 0 aliphatic carbocycles. The summed E-state index contributed by atoms with van der Waals surface area (Å²) < 4.78 is 21.2. The first-order valence-electron chi connectivity index (χ1n) is 12.3. The maximum absolute atomic E-state index is 13.9. The maximum atomic E-state index is 13.9. The minimum absolute atomic E-state index is 0.301. The zero-order chi connectivity index (χ0) is 26.8. The molecule has 2 aromatic carbocycles. The molecule has 0 saturated carbocycles. The molecule has 3 heterocycles. The van der Waals surface area contributed by atoms with Crippen molar-refractivity contribution >= 4 is 34.3 Å². The number of rotatable bonds is 8. The van der Waals surface area contributed by atoms with E-state index in [-0.39, 0.29) is 11.7 Å². The molecular weight excluding hydrogens is 485 g/mol. The minimum atomic E-state index is -0.317. The molecule has 4 aromatic rings. The Kier molecular flexibility index (Phi) is 6.97. The van der Waals surface area contributed by atoms with Crippen LogP contribution in [0.1, 0.15) is 6.42 Å². The number of fused-ring (bicyclic) bond motifs is 1. The molecule has 9 nitrogen and oxygen atoms in total. The van der Waals surface area contributed by atoms with Crippen molar-refractivity contribution in [2.45, 2.75) is 12.5 Å². The summed E-state index contributed by atoms with van der Waals surface area (Å²) in [6, 6.07) is 12.3. The van der Waals surface area contributed by atoms with E-state index < -0.39 is 0 Å². The molecule has 1 unspecified atom stereocenters. The Morgan fingerprint density at radius 1 is 1.26 bits per heavy atom. The van der Waals surface area contributed by atoms with Crippen LogP contribution >= 0.6 is 0 Å². The molecule has 2 N–H and O–H groups in total. The number of amides is 1. The van der Waals surface area contributed by atoms with E-state index in [1.54, 1.807) is 30.2 Å². The lowest BCUT2D eigenvalue weighted by molar-refractivity contribution is -0.111. The Morgan fingerprint density at radius 2 is 2.11 bits per heavy atom. The van der Waals surface area contributed by atoms with Crippen molar-refractivity contribution in [3.8, 4) is 16.9 Å². The van der Waals surface area contributed by atoms with Gasteiger partial charge in [0.2, 0.25) is 5.91 Å². The molecule has 1 aliphatic heterocycles. The smallest absolute Gasteiger partial charge is 0.247 e. The van der Waals surface area contributed by atoms with Crippen LogP contribution in [0.4, 0.5) is 27.3 Å². The number of likely N-dealkylation sites (tertiary alicyclic amines) is 1. The molecule has 1 aliphatic rings. The third kappa shape index (κ3) is 5.03. The highest BCUT2D eigenvalue weighted by Crippen LogP contribution is 2.39. The number of benzene rings is 2. The van der Waals surface area contributed by atoms with Gasteiger partial charge in [0.15, 0.2) is 0 Å². The quantitative estimate of drug-likeness (QED) is 0.333. The van der Waals surface area contributed by atoms with Crippen LogP contribution in [0, 0.1) is 5.82 Å². The van der Waals surface area contributed by atoms with Gasteiger partial charge < -0.3 is 25.2 Å². The Morgan fingerprint density at radius 3 is 2.82 bits per heavy atom. The van der Waals surface area contributed by atoms with Crippen molar-refractivity contribution in [3.05, 3.63) is 73.5 Å². The Balaban J connectivity index is 1.52. The van der Waals surface area contributed by atoms with Gasteiger partial charge in [-0.15, -0.1) is 0 Å². The summed E-state index contributed by atoms with van der Waals surface area (Å²) >= 11 is 0. The number of likely N-dealkylation sites (N-methyl/N-ethyl adjacent to an activating group) is 2. The minimum Gasteiger partial charge on any atom is -0.494 e. The number of nitrogens with zero attached hydrogens (tertiary/aromatic N) is 5. The number of nitrogens with one attached hydrogen (secondary N) is 2. The summed E-state index contributed by atoms with van der Waals surface area (Å²) in [7, 11) is 5.73. The van der Waals surface area contributed by atoms with Gasteiger partial charge in [-0.25, -0.2) is 13.9 Å². The second-order valence-electron chi connectivity index (χ2n) is 9.38. The number of hydrogen-bond donors (Lipinski definition) is 2. The van der Waals surface area contributed by atoms with Crippen molar-refractivity contribution in [1.29, 1.82) is 0 Å². The first kappa shape index (κ1) is 25.2. The third-order valence-corrected chi connectivity index (χ3v) is 6.87. The topological polar surface area (TPSA) is 87.0 Å². The van der Waals surface area contributed by atoms with Gasteiger partial charge in [0.25, 0.3) is 0 Å². The van der Waals surface area contributed by atoms with Gasteiger partial charge in [-0.3, -0.25) is 4.79 Å². The number of ether oxygens (including phenoxy) is 1. The highest BCUT2D eigenvalue weighted by Gasteiger charge is 2.26. The fourth-order valence-electron chi connectivity index (χ4n) is 4.81. The Bertz CT molecular complexity index is 1500. The highest BCUT2D eigenvalue weighted by molar-refractivity contribution is 6.02. The standard InChI is InChI=1S/C28H30FN7O2/c1-5-28(37)33-22-12-23(26(38-4)13-25(22)35(3)20-9-10-34(2)16-20)32-27-14-24-21(15-31-36(24)17-30-27)18-7-6-8-19(29)11-18/h5-8,11-15,17,20,32H,1,9-10,16H2,2-4H3,(H,33,37). The zero-order valence-corrected chi connectivity index (χ0v) is 21.6. The fraction of sp³-hybridized carbons (Fsp3) is 0.250. The molecule has 38 heavy (non-hydrogen) atoms. The van der Waals surface area contributed by atoms with Gasteiger partial charge in [0.1, 0.15) is 23.7 Å². The normalized spacial score (nSPS) is 15.4.